The highest BCUT2D eigenvalue weighted by Crippen LogP contribution is 2.34. The minimum Gasteiger partial charge on any atom is -0.348 e. The second-order valence-corrected chi connectivity index (χ2v) is 12.0. The van der Waals surface area contributed by atoms with Gasteiger partial charge in [0.2, 0.25) is 0 Å². The summed E-state index contributed by atoms with van der Waals surface area (Å²) in [5.74, 6) is -0.408. The molecule has 0 bridgehead atoms. The monoisotopic (exact) mass is 531 g/mol. The van der Waals surface area contributed by atoms with Crippen molar-refractivity contribution in [2.45, 2.75) is 61.8 Å². The number of piperidine rings is 1. The van der Waals surface area contributed by atoms with Gasteiger partial charge in [-0.15, -0.1) is 0 Å². The van der Waals surface area contributed by atoms with Crippen LogP contribution in [-0.4, -0.2) is 55.0 Å². The number of aromatic nitrogens is 2. The maximum absolute atomic E-state index is 13.4. The second-order valence-electron chi connectivity index (χ2n) is 10.4. The molecule has 1 saturated heterocycles. The molecule has 1 N–H and O–H groups in total. The predicted molar refractivity (Wildman–Crippen MR) is 147 cm³/mol. The van der Waals surface area contributed by atoms with E-state index in [0.717, 1.165) is 42.5 Å². The summed E-state index contributed by atoms with van der Waals surface area (Å²) in [5, 5.41) is 13.0. The Kier molecular flexibility index (Phi) is 7.73. The van der Waals surface area contributed by atoms with E-state index in [-0.39, 0.29) is 22.4 Å². The fourth-order valence-electron chi connectivity index (χ4n) is 5.92. The molecular weight excluding hydrogens is 498 g/mol. The van der Waals surface area contributed by atoms with E-state index in [1.807, 2.05) is 30.3 Å². The van der Waals surface area contributed by atoms with Crippen LogP contribution in [-0.2, 0) is 22.8 Å². The zero-order chi connectivity index (χ0) is 26.7. The molecule has 0 spiro atoms. The first-order valence-corrected chi connectivity index (χ1v) is 14.9. The number of nitriles is 1. The zero-order valence-corrected chi connectivity index (χ0v) is 22.5. The van der Waals surface area contributed by atoms with Crippen molar-refractivity contribution < 1.29 is 9.00 Å². The van der Waals surface area contributed by atoms with Gasteiger partial charge in [0.05, 0.1) is 22.5 Å². The van der Waals surface area contributed by atoms with Crippen LogP contribution in [0.25, 0.3) is 5.52 Å². The number of carbonyl (C=O) groups excluding carboxylic acids is 1. The van der Waals surface area contributed by atoms with Crippen LogP contribution in [0.4, 0.5) is 0 Å². The van der Waals surface area contributed by atoms with Crippen LogP contribution in [0.15, 0.2) is 59.7 Å². The minimum atomic E-state index is -1.05. The standard InChI is InChI=1S/C29H33N5O3S/c1-38(37)25-10-3-2-8-23(25)32-27(35)22-18-21(24-9-5-7-15-34(24)28(22)36)19-33-16-12-29(20-30,13-17-33)26-11-4-6-14-31-26/h4-7,9,11,14-15,18,23,25H,2-3,8,10,12-13,16-17,19H2,1H3,(H,32,35)/t23-,25-,38+/m1/s1. The molecule has 38 heavy (non-hydrogen) atoms. The number of rotatable bonds is 6. The van der Waals surface area contributed by atoms with Gasteiger partial charge in [-0.2, -0.15) is 5.26 Å². The third-order valence-electron chi connectivity index (χ3n) is 8.12. The molecule has 0 aromatic carbocycles. The van der Waals surface area contributed by atoms with E-state index in [9.17, 15) is 19.1 Å². The number of fused-ring (bicyclic) bond motifs is 1. The predicted octanol–water partition coefficient (Wildman–Crippen LogP) is 3.17. The topological polar surface area (TPSA) is 108 Å². The molecule has 9 heteroatoms. The fourth-order valence-corrected chi connectivity index (χ4v) is 7.09. The third-order valence-corrected chi connectivity index (χ3v) is 9.54. The van der Waals surface area contributed by atoms with Crippen molar-refractivity contribution in [2.75, 3.05) is 19.3 Å². The van der Waals surface area contributed by atoms with E-state index in [2.05, 4.69) is 21.3 Å². The minimum absolute atomic E-state index is 0.0942. The molecule has 4 heterocycles. The SMILES string of the molecule is C[S@](=O)[C@@H]1CCCC[C@H]1NC(=O)c1cc(CN2CCC(C#N)(c3ccccn3)CC2)c2ccccn2c1=O. The molecule has 1 amide bonds. The van der Waals surface area contributed by atoms with Crippen LogP contribution in [0.1, 0.15) is 60.1 Å². The van der Waals surface area contributed by atoms with Gasteiger partial charge in [0, 0.05) is 55.1 Å². The van der Waals surface area contributed by atoms with Crippen molar-refractivity contribution in [3.05, 3.63) is 82.0 Å². The number of carbonyl (C=O) groups is 1. The van der Waals surface area contributed by atoms with Gasteiger partial charge in [-0.05, 0) is 61.6 Å². The first kappa shape index (κ1) is 26.3. The highest BCUT2D eigenvalue weighted by Gasteiger charge is 2.38. The lowest BCUT2D eigenvalue weighted by Gasteiger charge is -2.37. The van der Waals surface area contributed by atoms with Crippen LogP contribution < -0.4 is 10.9 Å². The summed E-state index contributed by atoms with van der Waals surface area (Å²) in [7, 11) is -1.05. The summed E-state index contributed by atoms with van der Waals surface area (Å²) < 4.78 is 13.8. The number of amides is 1. The molecule has 3 atom stereocenters. The average molecular weight is 532 g/mol. The molecule has 3 aromatic heterocycles. The zero-order valence-electron chi connectivity index (χ0n) is 21.6. The maximum Gasteiger partial charge on any atom is 0.267 e. The summed E-state index contributed by atoms with van der Waals surface area (Å²) in [4.78, 5) is 33.5. The molecule has 0 radical (unpaired) electrons. The third kappa shape index (κ3) is 5.16. The highest BCUT2D eigenvalue weighted by molar-refractivity contribution is 7.85. The molecule has 1 aliphatic heterocycles. The molecule has 1 aliphatic carbocycles. The lowest BCUT2D eigenvalue weighted by Crippen LogP contribution is -2.48. The summed E-state index contributed by atoms with van der Waals surface area (Å²) in [6, 6.07) is 15.3. The smallest absolute Gasteiger partial charge is 0.267 e. The second kappa shape index (κ2) is 11.2. The Balaban J connectivity index is 1.39. The van der Waals surface area contributed by atoms with E-state index in [1.54, 1.807) is 30.8 Å². The average Bonchev–Trinajstić information content (AvgIpc) is 2.95. The Bertz CT molecular complexity index is 1440. The molecule has 3 aromatic rings. The van der Waals surface area contributed by atoms with E-state index >= 15 is 0 Å². The van der Waals surface area contributed by atoms with Crippen molar-refractivity contribution in [3.63, 3.8) is 0 Å². The van der Waals surface area contributed by atoms with Crippen molar-refractivity contribution in [1.82, 2.24) is 19.6 Å². The summed E-state index contributed by atoms with van der Waals surface area (Å²) in [6.45, 7) is 1.97. The number of pyridine rings is 3. The summed E-state index contributed by atoms with van der Waals surface area (Å²) in [6.07, 6.45) is 9.99. The lowest BCUT2D eigenvalue weighted by atomic mass is 9.76. The number of hydrogen-bond acceptors (Lipinski definition) is 6. The molecule has 2 aliphatic rings. The van der Waals surface area contributed by atoms with Gasteiger partial charge in [0.15, 0.2) is 0 Å². The van der Waals surface area contributed by atoms with E-state index < -0.39 is 22.1 Å². The first-order chi connectivity index (χ1) is 18.4. The molecule has 8 nitrogen and oxygen atoms in total. The van der Waals surface area contributed by atoms with Gasteiger partial charge in [0.1, 0.15) is 11.0 Å². The molecule has 2 fully saturated rings. The molecular formula is C29H33N5O3S. The molecule has 1 saturated carbocycles. The first-order valence-electron chi connectivity index (χ1n) is 13.2. The largest absolute Gasteiger partial charge is 0.348 e. The van der Waals surface area contributed by atoms with Crippen molar-refractivity contribution >= 4 is 22.2 Å². The van der Waals surface area contributed by atoms with Crippen LogP contribution >= 0.6 is 0 Å². The van der Waals surface area contributed by atoms with Gasteiger partial charge < -0.3 is 5.32 Å². The van der Waals surface area contributed by atoms with Gasteiger partial charge in [-0.3, -0.25) is 28.1 Å². The Morgan fingerprint density at radius 3 is 2.66 bits per heavy atom. The van der Waals surface area contributed by atoms with Crippen LogP contribution in [0, 0.1) is 11.3 Å². The van der Waals surface area contributed by atoms with E-state index in [1.165, 1.54) is 4.40 Å². The van der Waals surface area contributed by atoms with Crippen molar-refractivity contribution in [3.8, 4) is 6.07 Å². The summed E-state index contributed by atoms with van der Waals surface area (Å²) >= 11 is 0. The number of likely N-dealkylation sites (tertiary alicyclic amines) is 1. The lowest BCUT2D eigenvalue weighted by molar-refractivity contribution is 0.0927. The van der Waals surface area contributed by atoms with Crippen molar-refractivity contribution in [2.24, 2.45) is 0 Å². The molecule has 0 unspecified atom stereocenters. The Morgan fingerprint density at radius 1 is 1.18 bits per heavy atom. The Labute approximate surface area is 225 Å². The van der Waals surface area contributed by atoms with Crippen LogP contribution in [0.5, 0.6) is 0 Å². The fraction of sp³-hybridized carbons (Fsp3) is 0.448. The van der Waals surface area contributed by atoms with E-state index in [4.69, 9.17) is 0 Å². The number of nitrogens with one attached hydrogen (secondary N) is 1. The van der Waals surface area contributed by atoms with Crippen molar-refractivity contribution in [1.29, 1.82) is 5.26 Å². The normalized spacial score (nSPS) is 22.4. The summed E-state index contributed by atoms with van der Waals surface area (Å²) in [5.41, 5.74) is 1.61. The van der Waals surface area contributed by atoms with Crippen LogP contribution in [0.2, 0.25) is 0 Å². The maximum atomic E-state index is 13.4. The van der Waals surface area contributed by atoms with Gasteiger partial charge in [-0.25, -0.2) is 0 Å². The molecule has 5 rings (SSSR count). The van der Waals surface area contributed by atoms with Gasteiger partial charge in [-0.1, -0.05) is 25.0 Å². The quantitative estimate of drug-likeness (QED) is 0.524. The molecule has 198 valence electrons. The van der Waals surface area contributed by atoms with E-state index in [0.29, 0.717) is 32.5 Å². The Morgan fingerprint density at radius 2 is 1.95 bits per heavy atom. The number of nitrogens with zero attached hydrogens (tertiary/aromatic N) is 4. The van der Waals surface area contributed by atoms with Gasteiger partial charge >= 0.3 is 0 Å². The van der Waals surface area contributed by atoms with Gasteiger partial charge in [0.25, 0.3) is 11.5 Å². The highest BCUT2D eigenvalue weighted by atomic mass is 32.2. The Hall–Kier alpha value is -3.35. The van der Waals surface area contributed by atoms with Crippen LogP contribution in [0.3, 0.4) is 0 Å². The number of hydrogen-bond donors (Lipinski definition) is 1.